The summed E-state index contributed by atoms with van der Waals surface area (Å²) in [4.78, 5) is 0. The van der Waals surface area contributed by atoms with E-state index in [2.05, 4.69) is 37.2 Å². The molecule has 1 rings (SSSR count). The van der Waals surface area contributed by atoms with Gasteiger partial charge in [-0.25, -0.2) is 0 Å². The van der Waals surface area contributed by atoms with E-state index in [0.717, 1.165) is 6.42 Å². The molecule has 24 heavy (non-hydrogen) atoms. The van der Waals surface area contributed by atoms with Crippen LogP contribution in [0.1, 0.15) is 65.7 Å². The van der Waals surface area contributed by atoms with Crippen molar-refractivity contribution in [3.05, 3.63) is 12.7 Å². The highest BCUT2D eigenvalue weighted by Crippen LogP contribution is 2.32. The van der Waals surface area contributed by atoms with E-state index in [1.807, 2.05) is 13.8 Å². The fourth-order valence-corrected chi connectivity index (χ4v) is 2.79. The quantitative estimate of drug-likeness (QED) is 0.354. The fraction of sp³-hybridized carbons (Fsp3) is 0.714. The van der Waals surface area contributed by atoms with Crippen LogP contribution in [0.5, 0.6) is 0 Å². The van der Waals surface area contributed by atoms with E-state index >= 15 is 0 Å². The van der Waals surface area contributed by atoms with Gasteiger partial charge in [0.05, 0.1) is 12.2 Å². The van der Waals surface area contributed by atoms with Crippen LogP contribution in [0.3, 0.4) is 0 Å². The summed E-state index contributed by atoms with van der Waals surface area (Å²) in [5, 5.41) is 0. The smallest absolute Gasteiger partial charge is 0.163 e. The van der Waals surface area contributed by atoms with E-state index in [-0.39, 0.29) is 18.3 Å². The number of unbranched alkanes of at least 4 members (excludes halogenated alkanes) is 4. The van der Waals surface area contributed by atoms with Crippen molar-refractivity contribution in [1.82, 2.24) is 0 Å². The molecule has 0 saturated carbocycles. The standard InChI is InChI=1S/C21H32O3/c1-6-8-9-10-13-16-19-20(24-21(3,4)23-19)17-14-11-12-15-18(7-2)22-5/h7,18-20H,2,6,8-10,13,16-17H2,1,3-5H3/t18-,19+,20+/m1/s1. The highest BCUT2D eigenvalue weighted by Gasteiger charge is 2.40. The maximum Gasteiger partial charge on any atom is 0.163 e. The van der Waals surface area contributed by atoms with Crippen molar-refractivity contribution in [2.75, 3.05) is 7.11 Å². The zero-order valence-electron chi connectivity index (χ0n) is 15.7. The van der Waals surface area contributed by atoms with Crippen molar-refractivity contribution in [2.24, 2.45) is 0 Å². The van der Waals surface area contributed by atoms with Crippen molar-refractivity contribution in [3.63, 3.8) is 0 Å². The molecule has 0 aromatic carbocycles. The summed E-state index contributed by atoms with van der Waals surface area (Å²) in [5.41, 5.74) is 0. The Balaban J connectivity index is 2.46. The monoisotopic (exact) mass is 332 g/mol. The molecule has 0 bridgehead atoms. The molecule has 0 unspecified atom stereocenters. The average Bonchev–Trinajstić information content (AvgIpc) is 2.84. The predicted molar refractivity (Wildman–Crippen MR) is 98.4 cm³/mol. The molecule has 3 atom stereocenters. The first kappa shape index (κ1) is 20.8. The largest absolute Gasteiger partial charge is 0.365 e. The maximum absolute atomic E-state index is 6.04. The van der Waals surface area contributed by atoms with Crippen LogP contribution in [-0.4, -0.2) is 31.2 Å². The molecule has 0 amide bonds. The first-order chi connectivity index (χ1) is 11.5. The molecular formula is C21H32O3. The number of hydrogen-bond acceptors (Lipinski definition) is 3. The van der Waals surface area contributed by atoms with Gasteiger partial charge in [-0.05, 0) is 32.1 Å². The van der Waals surface area contributed by atoms with Gasteiger partial charge in [-0.15, -0.1) is 0 Å². The number of methoxy groups -OCH3 is 1. The molecule has 134 valence electrons. The number of ether oxygens (including phenoxy) is 3. The lowest BCUT2D eigenvalue weighted by Crippen LogP contribution is -2.21. The molecule has 0 spiro atoms. The van der Waals surface area contributed by atoms with Gasteiger partial charge >= 0.3 is 0 Å². The first-order valence-corrected chi connectivity index (χ1v) is 9.01. The molecule has 3 heteroatoms. The van der Waals surface area contributed by atoms with Crippen LogP contribution in [0.15, 0.2) is 12.7 Å². The second-order valence-electron chi connectivity index (χ2n) is 6.58. The fourth-order valence-electron chi connectivity index (χ4n) is 2.79. The molecule has 1 fully saturated rings. The van der Waals surface area contributed by atoms with Crippen LogP contribution >= 0.6 is 0 Å². The number of hydrogen-bond donors (Lipinski definition) is 0. The van der Waals surface area contributed by atoms with Gasteiger partial charge < -0.3 is 14.2 Å². The highest BCUT2D eigenvalue weighted by molar-refractivity contribution is 5.29. The molecule has 0 aromatic heterocycles. The Morgan fingerprint density at radius 2 is 1.83 bits per heavy atom. The Kier molecular flexibility index (Phi) is 9.80. The summed E-state index contributed by atoms with van der Waals surface area (Å²) in [5.74, 6) is 11.1. The molecule has 1 heterocycles. The van der Waals surface area contributed by atoms with Crippen molar-refractivity contribution in [2.45, 2.75) is 89.8 Å². The Hall–Kier alpha value is -1.26. The Bertz CT molecular complexity index is 487. The van der Waals surface area contributed by atoms with Gasteiger partial charge in [0.25, 0.3) is 0 Å². The third-order valence-corrected chi connectivity index (χ3v) is 4.01. The Morgan fingerprint density at radius 1 is 1.12 bits per heavy atom. The summed E-state index contributed by atoms with van der Waals surface area (Å²) < 4.78 is 17.1. The second kappa shape index (κ2) is 11.3. The summed E-state index contributed by atoms with van der Waals surface area (Å²) in [6.07, 6.45) is 9.55. The van der Waals surface area contributed by atoms with Crippen molar-refractivity contribution < 1.29 is 14.2 Å². The predicted octanol–water partition coefficient (Wildman–Crippen LogP) is 4.46. The van der Waals surface area contributed by atoms with E-state index < -0.39 is 5.79 Å². The molecule has 1 saturated heterocycles. The summed E-state index contributed by atoms with van der Waals surface area (Å²) in [6, 6.07) is 0. The van der Waals surface area contributed by atoms with E-state index in [9.17, 15) is 0 Å². The SMILES string of the molecule is C=C[C@H](C#CC#CC[C@@H]1OC(C)(C)O[C@H]1CCCCCCC)OC. The minimum absolute atomic E-state index is 0.0260. The minimum atomic E-state index is -0.518. The van der Waals surface area contributed by atoms with Gasteiger partial charge in [-0.2, -0.15) is 0 Å². The summed E-state index contributed by atoms with van der Waals surface area (Å²) >= 11 is 0. The second-order valence-corrected chi connectivity index (χ2v) is 6.58. The first-order valence-electron chi connectivity index (χ1n) is 9.01. The molecule has 1 aliphatic rings. The van der Waals surface area contributed by atoms with Gasteiger partial charge in [0.15, 0.2) is 5.79 Å². The van der Waals surface area contributed by atoms with Crippen molar-refractivity contribution >= 4 is 0 Å². The van der Waals surface area contributed by atoms with Gasteiger partial charge in [0.2, 0.25) is 0 Å². The van der Waals surface area contributed by atoms with Gasteiger partial charge in [-0.1, -0.05) is 63.5 Å². The Morgan fingerprint density at radius 3 is 2.50 bits per heavy atom. The topological polar surface area (TPSA) is 27.7 Å². The third-order valence-electron chi connectivity index (χ3n) is 4.01. The maximum atomic E-state index is 6.04. The highest BCUT2D eigenvalue weighted by atomic mass is 16.7. The van der Waals surface area contributed by atoms with Gasteiger partial charge in [0, 0.05) is 13.5 Å². The van der Waals surface area contributed by atoms with Crippen LogP contribution in [-0.2, 0) is 14.2 Å². The van der Waals surface area contributed by atoms with E-state index in [0.29, 0.717) is 6.42 Å². The lowest BCUT2D eigenvalue weighted by Gasteiger charge is -2.16. The van der Waals surface area contributed by atoms with Crippen LogP contribution in [0.4, 0.5) is 0 Å². The molecule has 0 aliphatic carbocycles. The molecular weight excluding hydrogens is 300 g/mol. The molecule has 1 aliphatic heterocycles. The van der Waals surface area contributed by atoms with E-state index in [1.165, 1.54) is 32.1 Å². The summed E-state index contributed by atoms with van der Waals surface area (Å²) in [6.45, 7) is 9.83. The van der Waals surface area contributed by atoms with E-state index in [1.54, 1.807) is 13.2 Å². The van der Waals surface area contributed by atoms with Gasteiger partial charge in [0.1, 0.15) is 6.10 Å². The zero-order chi connectivity index (χ0) is 17.8. The molecule has 0 N–H and O–H groups in total. The third kappa shape index (κ3) is 8.02. The lowest BCUT2D eigenvalue weighted by atomic mass is 10.0. The average molecular weight is 332 g/mol. The van der Waals surface area contributed by atoms with E-state index in [4.69, 9.17) is 14.2 Å². The minimum Gasteiger partial charge on any atom is -0.365 e. The van der Waals surface area contributed by atoms with Crippen LogP contribution in [0, 0.1) is 23.7 Å². The molecule has 0 aromatic rings. The lowest BCUT2D eigenvalue weighted by molar-refractivity contribution is -0.146. The zero-order valence-corrected chi connectivity index (χ0v) is 15.7. The van der Waals surface area contributed by atoms with Crippen LogP contribution in [0.25, 0.3) is 0 Å². The van der Waals surface area contributed by atoms with Crippen LogP contribution in [0.2, 0.25) is 0 Å². The summed E-state index contributed by atoms with van der Waals surface area (Å²) in [7, 11) is 1.60. The molecule has 3 nitrogen and oxygen atoms in total. The normalized spacial score (nSPS) is 22.8. The Labute approximate surface area is 148 Å². The number of rotatable bonds is 9. The van der Waals surface area contributed by atoms with Crippen LogP contribution < -0.4 is 0 Å². The van der Waals surface area contributed by atoms with Crippen molar-refractivity contribution in [3.8, 4) is 23.7 Å². The molecule has 0 radical (unpaired) electrons. The van der Waals surface area contributed by atoms with Gasteiger partial charge in [-0.3, -0.25) is 0 Å². The van der Waals surface area contributed by atoms with Crippen molar-refractivity contribution in [1.29, 1.82) is 0 Å².